The molecule has 0 fully saturated rings. The van der Waals surface area contributed by atoms with Gasteiger partial charge in [-0.2, -0.15) is 0 Å². The molecule has 9 aromatic rings. The molecule has 2 heterocycles. The third kappa shape index (κ3) is 4.04. The van der Waals surface area contributed by atoms with Crippen molar-refractivity contribution in [3.8, 4) is 44.5 Å². The van der Waals surface area contributed by atoms with Gasteiger partial charge in [0.25, 0.3) is 0 Å². The first-order valence-corrected chi connectivity index (χ1v) is 14.9. The van der Waals surface area contributed by atoms with Crippen LogP contribution in [0.15, 0.2) is 167 Å². The summed E-state index contributed by atoms with van der Waals surface area (Å²) in [6.07, 6.45) is 0. The molecule has 0 bridgehead atoms. The first-order valence-electron chi connectivity index (χ1n) is 14.9. The van der Waals surface area contributed by atoms with E-state index in [2.05, 4.69) is 140 Å². The van der Waals surface area contributed by atoms with Gasteiger partial charge >= 0.3 is 0 Å². The van der Waals surface area contributed by atoms with Gasteiger partial charge in [-0.3, -0.25) is 0 Å². The van der Waals surface area contributed by atoms with E-state index >= 15 is 0 Å². The maximum Gasteiger partial charge on any atom is 0.147 e. The van der Waals surface area contributed by atoms with E-state index in [4.69, 9.17) is 8.83 Å². The van der Waals surface area contributed by atoms with Crippen LogP contribution in [-0.2, 0) is 0 Å². The highest BCUT2D eigenvalue weighted by Gasteiger charge is 2.16. The second-order valence-electron chi connectivity index (χ2n) is 11.3. The van der Waals surface area contributed by atoms with Gasteiger partial charge in [-0.15, -0.1) is 0 Å². The van der Waals surface area contributed by atoms with Crippen LogP contribution < -0.4 is 0 Å². The lowest BCUT2D eigenvalue weighted by Crippen LogP contribution is -1.84. The van der Waals surface area contributed by atoms with Gasteiger partial charge in [0.2, 0.25) is 0 Å². The van der Waals surface area contributed by atoms with Crippen molar-refractivity contribution in [1.82, 2.24) is 0 Å². The highest BCUT2D eigenvalue weighted by atomic mass is 16.3. The Labute approximate surface area is 254 Å². The van der Waals surface area contributed by atoms with Gasteiger partial charge in [-0.1, -0.05) is 109 Å². The monoisotopic (exact) mass is 562 g/mol. The average molecular weight is 563 g/mol. The van der Waals surface area contributed by atoms with Crippen molar-refractivity contribution in [2.24, 2.45) is 0 Å². The van der Waals surface area contributed by atoms with E-state index in [1.54, 1.807) is 0 Å². The normalized spacial score (nSPS) is 11.6. The molecule has 0 aliphatic carbocycles. The fourth-order valence-corrected chi connectivity index (χ4v) is 6.49. The van der Waals surface area contributed by atoms with Crippen LogP contribution in [0.5, 0.6) is 0 Å². The summed E-state index contributed by atoms with van der Waals surface area (Å²) in [5, 5.41) is 4.32. The lowest BCUT2D eigenvalue weighted by Gasteiger charge is -2.10. The molecule has 0 amide bonds. The predicted octanol–water partition coefficient (Wildman–Crippen LogP) is 12.2. The SMILES string of the molecule is c1ccc(-c2cccc(-c3cccc(-c4cccc(-c5ccc6oc7c(ccc8oc9ccccc9c87)c6c5)c4)c3)c2)cc1. The Kier molecular flexibility index (Phi) is 5.54. The predicted molar refractivity (Wildman–Crippen MR) is 183 cm³/mol. The third-order valence-corrected chi connectivity index (χ3v) is 8.67. The largest absolute Gasteiger partial charge is 0.456 e. The number of hydrogen-bond acceptors (Lipinski definition) is 2. The molecule has 0 radical (unpaired) electrons. The Morgan fingerprint density at radius 1 is 0.273 bits per heavy atom. The number of para-hydroxylation sites is 1. The molecule has 0 saturated carbocycles. The van der Waals surface area contributed by atoms with Gasteiger partial charge in [0.1, 0.15) is 22.3 Å². The molecule has 9 rings (SSSR count). The molecule has 2 heteroatoms. The number of rotatable bonds is 4. The highest BCUT2D eigenvalue weighted by Crippen LogP contribution is 2.40. The van der Waals surface area contributed by atoms with Crippen LogP contribution in [0.3, 0.4) is 0 Å². The van der Waals surface area contributed by atoms with Crippen LogP contribution >= 0.6 is 0 Å². The van der Waals surface area contributed by atoms with Crippen molar-refractivity contribution >= 4 is 43.9 Å². The van der Waals surface area contributed by atoms with Gasteiger partial charge in [-0.25, -0.2) is 0 Å². The topological polar surface area (TPSA) is 26.3 Å². The van der Waals surface area contributed by atoms with Gasteiger partial charge in [-0.05, 0) is 93.0 Å². The molecule has 44 heavy (non-hydrogen) atoms. The number of fused-ring (bicyclic) bond motifs is 7. The minimum atomic E-state index is 0.847. The molecule has 0 aliphatic heterocycles. The van der Waals surface area contributed by atoms with Gasteiger partial charge < -0.3 is 8.83 Å². The van der Waals surface area contributed by atoms with E-state index in [0.29, 0.717) is 0 Å². The van der Waals surface area contributed by atoms with E-state index in [9.17, 15) is 0 Å². The molecule has 7 aromatic carbocycles. The molecule has 0 spiro atoms. The van der Waals surface area contributed by atoms with Crippen LogP contribution in [0, 0.1) is 0 Å². The molecule has 0 atom stereocenters. The fraction of sp³-hybridized carbons (Fsp3) is 0. The van der Waals surface area contributed by atoms with E-state index in [-0.39, 0.29) is 0 Å². The number of hydrogen-bond donors (Lipinski definition) is 0. The van der Waals surface area contributed by atoms with Crippen molar-refractivity contribution in [2.45, 2.75) is 0 Å². The van der Waals surface area contributed by atoms with Crippen molar-refractivity contribution in [1.29, 1.82) is 0 Å². The van der Waals surface area contributed by atoms with Crippen LogP contribution in [0.25, 0.3) is 88.4 Å². The van der Waals surface area contributed by atoms with E-state index in [1.807, 2.05) is 18.2 Å². The lowest BCUT2D eigenvalue weighted by molar-refractivity contribution is 0.663. The molecule has 2 nitrogen and oxygen atoms in total. The Morgan fingerprint density at radius 2 is 0.773 bits per heavy atom. The number of benzene rings is 7. The zero-order valence-electron chi connectivity index (χ0n) is 23.8. The minimum Gasteiger partial charge on any atom is -0.456 e. The summed E-state index contributed by atoms with van der Waals surface area (Å²) in [5.74, 6) is 0. The lowest BCUT2D eigenvalue weighted by atomic mass is 9.94. The summed E-state index contributed by atoms with van der Waals surface area (Å²) in [6, 6.07) is 55.7. The van der Waals surface area contributed by atoms with E-state index < -0.39 is 0 Å². The smallest absolute Gasteiger partial charge is 0.147 e. The summed E-state index contributed by atoms with van der Waals surface area (Å²) in [7, 11) is 0. The van der Waals surface area contributed by atoms with E-state index in [1.165, 1.54) is 38.9 Å². The third-order valence-electron chi connectivity index (χ3n) is 8.67. The average Bonchev–Trinajstić information content (AvgIpc) is 3.67. The first kappa shape index (κ1) is 24.7. The van der Waals surface area contributed by atoms with Crippen molar-refractivity contribution in [3.05, 3.63) is 158 Å². The van der Waals surface area contributed by atoms with Crippen molar-refractivity contribution in [2.75, 3.05) is 0 Å². The Balaban J connectivity index is 1.11. The second kappa shape index (κ2) is 9.86. The molecule has 206 valence electrons. The molecule has 2 aromatic heterocycles. The summed E-state index contributed by atoms with van der Waals surface area (Å²) in [4.78, 5) is 0. The Morgan fingerprint density at radius 3 is 1.43 bits per heavy atom. The Bertz CT molecular complexity index is 2490. The van der Waals surface area contributed by atoms with Crippen LogP contribution in [-0.4, -0.2) is 0 Å². The maximum absolute atomic E-state index is 6.45. The van der Waals surface area contributed by atoms with Gasteiger partial charge in [0, 0.05) is 16.2 Å². The van der Waals surface area contributed by atoms with E-state index in [0.717, 1.165) is 49.4 Å². The highest BCUT2D eigenvalue weighted by molar-refractivity contribution is 6.22. The first-order chi connectivity index (χ1) is 21.8. The van der Waals surface area contributed by atoms with Crippen molar-refractivity contribution in [3.63, 3.8) is 0 Å². The molecular weight excluding hydrogens is 536 g/mol. The molecule has 0 N–H and O–H groups in total. The van der Waals surface area contributed by atoms with Gasteiger partial charge in [0.05, 0.1) is 5.39 Å². The van der Waals surface area contributed by atoms with Crippen LogP contribution in [0.4, 0.5) is 0 Å². The maximum atomic E-state index is 6.45. The van der Waals surface area contributed by atoms with Gasteiger partial charge in [0.15, 0.2) is 0 Å². The number of furan rings is 2. The summed E-state index contributed by atoms with van der Waals surface area (Å²) in [6.45, 7) is 0. The molecular formula is C42H26O2. The van der Waals surface area contributed by atoms with Crippen LogP contribution in [0.2, 0.25) is 0 Å². The second-order valence-corrected chi connectivity index (χ2v) is 11.3. The summed E-state index contributed by atoms with van der Waals surface area (Å²) in [5.41, 5.74) is 13.0. The zero-order valence-corrected chi connectivity index (χ0v) is 23.8. The van der Waals surface area contributed by atoms with Crippen LogP contribution in [0.1, 0.15) is 0 Å². The fourth-order valence-electron chi connectivity index (χ4n) is 6.49. The summed E-state index contributed by atoms with van der Waals surface area (Å²) >= 11 is 0. The summed E-state index contributed by atoms with van der Waals surface area (Å²) < 4.78 is 12.6. The molecule has 0 aliphatic rings. The zero-order chi connectivity index (χ0) is 29.0. The standard InChI is InChI=1S/C42H26O2/c1-2-9-27(10-3-1)28-11-6-12-29(23-28)30-13-7-14-31(24-30)32-15-8-16-33(25-32)34-19-21-39-37(26-34)35-20-22-40-41(42(35)44-39)36-17-4-5-18-38(36)43-40/h1-26H. The molecule has 0 saturated heterocycles. The van der Waals surface area contributed by atoms with Crippen molar-refractivity contribution < 1.29 is 8.83 Å². The molecule has 0 unspecified atom stereocenters. The minimum absolute atomic E-state index is 0.847. The Hall–Kier alpha value is -5.86. The quantitative estimate of drug-likeness (QED) is 0.213.